The molecule has 0 radical (unpaired) electrons. The molecule has 2 N–H and O–H groups in total. The second-order valence-corrected chi connectivity index (χ2v) is 9.18. The van der Waals surface area contributed by atoms with E-state index in [9.17, 15) is 14.7 Å². The fourth-order valence-electron chi connectivity index (χ4n) is 4.69. The molecule has 5 rings (SSSR count). The molecule has 0 atom stereocenters. The Morgan fingerprint density at radius 2 is 1.67 bits per heavy atom. The highest BCUT2D eigenvalue weighted by Crippen LogP contribution is 2.26. The molecule has 0 saturated carbocycles. The third-order valence-corrected chi connectivity index (χ3v) is 6.56. The van der Waals surface area contributed by atoms with Gasteiger partial charge in [0.2, 0.25) is 0 Å². The molecule has 7 heteroatoms. The highest BCUT2D eigenvalue weighted by molar-refractivity contribution is 6.06. The number of carboxylic acids is 1. The molecule has 0 aliphatic carbocycles. The highest BCUT2D eigenvalue weighted by Gasteiger charge is 2.22. The summed E-state index contributed by atoms with van der Waals surface area (Å²) >= 11 is 0. The Morgan fingerprint density at radius 1 is 0.944 bits per heavy atom. The van der Waals surface area contributed by atoms with E-state index in [0.717, 1.165) is 48.1 Å². The van der Waals surface area contributed by atoms with Crippen molar-refractivity contribution in [1.29, 1.82) is 0 Å². The lowest BCUT2D eigenvalue weighted by Gasteiger charge is -2.21. The molecular weight excluding hydrogens is 452 g/mol. The Kier molecular flexibility index (Phi) is 6.62. The lowest BCUT2D eigenvalue weighted by atomic mass is 10.1. The average Bonchev–Trinajstić information content (AvgIpc) is 3.41. The third-order valence-electron chi connectivity index (χ3n) is 6.56. The van der Waals surface area contributed by atoms with Crippen LogP contribution in [-0.4, -0.2) is 40.0 Å². The van der Waals surface area contributed by atoms with Crippen molar-refractivity contribution >= 4 is 34.2 Å². The summed E-state index contributed by atoms with van der Waals surface area (Å²) in [5, 5.41) is 14.5. The normalized spacial score (nSPS) is 13.2. The summed E-state index contributed by atoms with van der Waals surface area (Å²) in [5.74, 6) is 0.376. The summed E-state index contributed by atoms with van der Waals surface area (Å²) in [7, 11) is 0. The van der Waals surface area contributed by atoms with Gasteiger partial charge in [-0.3, -0.25) is 9.59 Å². The second kappa shape index (κ2) is 10.2. The molecule has 2 heterocycles. The summed E-state index contributed by atoms with van der Waals surface area (Å²) in [6.07, 6.45) is 2.60. The maximum Gasteiger partial charge on any atom is 0.308 e. The summed E-state index contributed by atoms with van der Waals surface area (Å²) in [6.45, 7) is 3.62. The van der Waals surface area contributed by atoms with Gasteiger partial charge in [0.25, 0.3) is 5.91 Å². The predicted molar refractivity (Wildman–Crippen MR) is 141 cm³/mol. The molecule has 1 aromatic heterocycles. The third kappa shape index (κ3) is 5.20. The summed E-state index contributed by atoms with van der Waals surface area (Å²) < 4.78 is 0. The van der Waals surface area contributed by atoms with E-state index in [4.69, 9.17) is 4.98 Å². The van der Waals surface area contributed by atoms with Crippen molar-refractivity contribution in [3.05, 3.63) is 94.9 Å². The Balaban J connectivity index is 1.31. The van der Waals surface area contributed by atoms with Gasteiger partial charge in [-0.1, -0.05) is 42.5 Å². The zero-order chi connectivity index (χ0) is 25.1. The number of nitrogens with one attached hydrogen (secondary N) is 1. The first-order chi connectivity index (χ1) is 17.5. The van der Waals surface area contributed by atoms with Gasteiger partial charge in [0.15, 0.2) is 0 Å². The van der Waals surface area contributed by atoms with Crippen LogP contribution in [0.4, 0.5) is 11.5 Å². The molecule has 1 fully saturated rings. The van der Waals surface area contributed by atoms with Gasteiger partial charge in [0, 0.05) is 42.0 Å². The maximum atomic E-state index is 12.8. The Morgan fingerprint density at radius 3 is 2.39 bits per heavy atom. The van der Waals surface area contributed by atoms with Gasteiger partial charge in [-0.05, 0) is 60.4 Å². The van der Waals surface area contributed by atoms with E-state index in [-0.39, 0.29) is 12.3 Å². The number of nitrogens with zero attached hydrogens (tertiary/aromatic N) is 3. The monoisotopic (exact) mass is 480 g/mol. The molecule has 0 bridgehead atoms. The number of hydrogen-bond donors (Lipinski definition) is 2. The Bertz CT molecular complexity index is 1430. The maximum absolute atomic E-state index is 12.8. The molecule has 3 aromatic carbocycles. The number of carboxylic acid groups (broad SMARTS) is 1. The van der Waals surface area contributed by atoms with E-state index in [1.165, 1.54) is 0 Å². The van der Waals surface area contributed by atoms with Gasteiger partial charge in [0.1, 0.15) is 11.6 Å². The number of anilines is 2. The largest absolute Gasteiger partial charge is 0.481 e. The number of rotatable bonds is 7. The van der Waals surface area contributed by atoms with E-state index >= 15 is 0 Å². The smallest absolute Gasteiger partial charge is 0.308 e. The molecule has 1 aliphatic rings. The quantitative estimate of drug-likeness (QED) is 0.386. The number of aromatic nitrogens is 2. The van der Waals surface area contributed by atoms with Crippen LogP contribution < -0.4 is 10.2 Å². The Hall–Kier alpha value is -4.26. The van der Waals surface area contributed by atoms with Crippen molar-refractivity contribution in [2.75, 3.05) is 23.3 Å². The molecule has 0 unspecified atom stereocenters. The van der Waals surface area contributed by atoms with Crippen molar-refractivity contribution in [1.82, 2.24) is 9.97 Å². The van der Waals surface area contributed by atoms with Gasteiger partial charge in [0.05, 0.1) is 6.42 Å². The number of aryl methyl sites for hydroxylation is 1. The molecule has 1 saturated heterocycles. The summed E-state index contributed by atoms with van der Waals surface area (Å²) in [6, 6.07) is 21.3. The fourth-order valence-corrected chi connectivity index (χ4v) is 4.69. The SMILES string of the molecule is Cc1nc(Cc2ccc(NC(=O)c3ccc4ccccc4c3)cc2)nc(N2CCCC2)c1CC(=O)O. The second-order valence-electron chi connectivity index (χ2n) is 9.18. The van der Waals surface area contributed by atoms with Gasteiger partial charge in [-0.15, -0.1) is 0 Å². The van der Waals surface area contributed by atoms with Gasteiger partial charge < -0.3 is 15.3 Å². The van der Waals surface area contributed by atoms with Crippen molar-refractivity contribution < 1.29 is 14.7 Å². The van der Waals surface area contributed by atoms with Gasteiger partial charge in [-0.2, -0.15) is 0 Å². The molecule has 36 heavy (non-hydrogen) atoms. The molecular formula is C29H28N4O3. The lowest BCUT2D eigenvalue weighted by molar-refractivity contribution is -0.136. The van der Waals surface area contributed by atoms with Crippen LogP contribution in [0, 0.1) is 6.92 Å². The number of aliphatic carboxylic acids is 1. The van der Waals surface area contributed by atoms with E-state index < -0.39 is 5.97 Å². The minimum atomic E-state index is -0.878. The Labute approximate surface area is 209 Å². The predicted octanol–water partition coefficient (Wildman–Crippen LogP) is 5.01. The molecule has 7 nitrogen and oxygen atoms in total. The standard InChI is InChI=1S/C29H28N4O3/c1-19-25(18-27(34)35)28(33-14-4-5-15-33)32-26(30-19)16-20-8-12-24(13-9-20)31-29(36)23-11-10-21-6-2-3-7-22(21)17-23/h2-3,6-13,17H,4-5,14-16,18H2,1H3,(H,31,36)(H,34,35). The molecule has 0 spiro atoms. The molecule has 1 amide bonds. The number of fused-ring (bicyclic) bond motifs is 1. The molecule has 182 valence electrons. The lowest BCUT2D eigenvalue weighted by Crippen LogP contribution is -2.23. The topological polar surface area (TPSA) is 95.4 Å². The van der Waals surface area contributed by atoms with Gasteiger partial charge >= 0.3 is 5.97 Å². The first-order valence-corrected chi connectivity index (χ1v) is 12.2. The number of amides is 1. The highest BCUT2D eigenvalue weighted by atomic mass is 16.4. The first-order valence-electron chi connectivity index (χ1n) is 12.2. The van der Waals surface area contributed by atoms with Crippen molar-refractivity contribution in [3.8, 4) is 0 Å². The minimum absolute atomic E-state index is 0.0798. The molecule has 4 aromatic rings. The number of carbonyl (C=O) groups excluding carboxylic acids is 1. The zero-order valence-electron chi connectivity index (χ0n) is 20.2. The van der Waals surface area contributed by atoms with Crippen LogP contribution in [-0.2, 0) is 17.6 Å². The number of hydrogen-bond acceptors (Lipinski definition) is 5. The van der Waals surface area contributed by atoms with E-state index in [1.54, 1.807) is 0 Å². The van der Waals surface area contributed by atoms with Crippen molar-refractivity contribution in [3.63, 3.8) is 0 Å². The van der Waals surface area contributed by atoms with Crippen LogP contribution in [0.2, 0.25) is 0 Å². The zero-order valence-corrected chi connectivity index (χ0v) is 20.2. The van der Waals surface area contributed by atoms with Crippen LogP contribution in [0.1, 0.15) is 45.8 Å². The number of carbonyl (C=O) groups is 2. The number of benzene rings is 3. The minimum Gasteiger partial charge on any atom is -0.481 e. The summed E-state index contributed by atoms with van der Waals surface area (Å²) in [4.78, 5) is 35.7. The average molecular weight is 481 g/mol. The van der Waals surface area contributed by atoms with Gasteiger partial charge in [-0.25, -0.2) is 9.97 Å². The van der Waals surface area contributed by atoms with Crippen LogP contribution >= 0.6 is 0 Å². The fraction of sp³-hybridized carbons (Fsp3) is 0.241. The van der Waals surface area contributed by atoms with Crippen molar-refractivity contribution in [2.45, 2.75) is 32.6 Å². The first kappa shape index (κ1) is 23.5. The van der Waals surface area contributed by atoms with E-state index in [1.807, 2.05) is 73.7 Å². The van der Waals surface area contributed by atoms with E-state index in [0.29, 0.717) is 34.8 Å². The summed E-state index contributed by atoms with van der Waals surface area (Å²) in [5.41, 5.74) is 3.74. The van der Waals surface area contributed by atoms with Crippen LogP contribution in [0.15, 0.2) is 66.7 Å². The van der Waals surface area contributed by atoms with Crippen LogP contribution in [0.5, 0.6) is 0 Å². The van der Waals surface area contributed by atoms with E-state index in [2.05, 4.69) is 15.2 Å². The van der Waals surface area contributed by atoms with Crippen LogP contribution in [0.3, 0.4) is 0 Å². The van der Waals surface area contributed by atoms with Crippen molar-refractivity contribution in [2.24, 2.45) is 0 Å². The molecule has 1 aliphatic heterocycles. The van der Waals surface area contributed by atoms with Crippen LogP contribution in [0.25, 0.3) is 10.8 Å².